The van der Waals surface area contributed by atoms with E-state index >= 15 is 0 Å². The van der Waals surface area contributed by atoms with Gasteiger partial charge in [-0.1, -0.05) is 52.4 Å². The Balaban J connectivity index is 1.92. The molecule has 2 nitrogen and oxygen atoms in total. The molecule has 2 unspecified atom stereocenters. The summed E-state index contributed by atoms with van der Waals surface area (Å²) >= 11 is 0. The van der Waals surface area contributed by atoms with Crippen LogP contribution >= 0.6 is 0 Å². The zero-order valence-electron chi connectivity index (χ0n) is 13.3. The maximum Gasteiger partial charge on any atom is 0.0718 e. The van der Waals surface area contributed by atoms with Crippen molar-refractivity contribution in [1.29, 1.82) is 0 Å². The Morgan fingerprint density at radius 2 is 1.68 bits per heavy atom. The van der Waals surface area contributed by atoms with Crippen molar-refractivity contribution >= 4 is 0 Å². The van der Waals surface area contributed by atoms with Gasteiger partial charge in [0.25, 0.3) is 0 Å². The zero-order valence-corrected chi connectivity index (χ0v) is 13.3. The average Bonchev–Trinajstić information content (AvgIpc) is 3.02. The van der Waals surface area contributed by atoms with Gasteiger partial charge < -0.3 is 4.74 Å². The second-order valence-electron chi connectivity index (χ2n) is 6.91. The number of morpholine rings is 1. The van der Waals surface area contributed by atoms with E-state index in [0.29, 0.717) is 11.6 Å². The average molecular weight is 267 g/mol. The van der Waals surface area contributed by atoms with Gasteiger partial charge in [-0.05, 0) is 26.2 Å². The van der Waals surface area contributed by atoms with Gasteiger partial charge in [0.1, 0.15) is 0 Å². The summed E-state index contributed by atoms with van der Waals surface area (Å²) in [7, 11) is 0. The number of ether oxygens (including phenoxy) is 1. The van der Waals surface area contributed by atoms with Gasteiger partial charge in [-0.25, -0.2) is 0 Å². The van der Waals surface area contributed by atoms with Crippen LogP contribution < -0.4 is 0 Å². The topological polar surface area (TPSA) is 12.5 Å². The van der Waals surface area contributed by atoms with Crippen molar-refractivity contribution < 1.29 is 4.74 Å². The first-order valence-corrected chi connectivity index (χ1v) is 8.58. The molecule has 0 saturated carbocycles. The van der Waals surface area contributed by atoms with Crippen molar-refractivity contribution in [3.63, 3.8) is 0 Å². The first-order chi connectivity index (χ1) is 9.19. The third-order valence-corrected chi connectivity index (χ3v) is 5.23. The molecule has 2 atom stereocenters. The van der Waals surface area contributed by atoms with Gasteiger partial charge in [-0.15, -0.1) is 0 Å². The molecule has 2 aliphatic rings. The lowest BCUT2D eigenvalue weighted by atomic mass is 9.86. The van der Waals surface area contributed by atoms with Gasteiger partial charge in [-0.2, -0.15) is 0 Å². The van der Waals surface area contributed by atoms with Crippen LogP contribution in [-0.4, -0.2) is 35.7 Å². The molecule has 2 fully saturated rings. The molecule has 0 aromatic heterocycles. The Kier molecular flexibility index (Phi) is 5.70. The summed E-state index contributed by atoms with van der Waals surface area (Å²) in [5.74, 6) is 0. The van der Waals surface area contributed by atoms with Crippen LogP contribution in [0.15, 0.2) is 0 Å². The first kappa shape index (κ1) is 15.3. The predicted molar refractivity (Wildman–Crippen MR) is 81.5 cm³/mol. The molecule has 0 spiro atoms. The van der Waals surface area contributed by atoms with Crippen LogP contribution in [0.25, 0.3) is 0 Å². The minimum atomic E-state index is 0.438. The van der Waals surface area contributed by atoms with E-state index < -0.39 is 0 Å². The second kappa shape index (κ2) is 7.08. The fourth-order valence-corrected chi connectivity index (χ4v) is 3.98. The fourth-order valence-electron chi connectivity index (χ4n) is 3.98. The largest absolute Gasteiger partial charge is 0.375 e. The predicted octanol–water partition coefficient (Wildman–Crippen LogP) is 4.38. The number of likely N-dealkylation sites (tertiary alicyclic amines) is 1. The monoisotopic (exact) mass is 267 g/mol. The molecular formula is C17H33NO. The molecule has 2 rings (SSSR count). The summed E-state index contributed by atoms with van der Waals surface area (Å²) in [6.45, 7) is 9.32. The quantitative estimate of drug-likeness (QED) is 0.575. The molecule has 0 amide bonds. The Labute approximate surface area is 119 Å². The lowest BCUT2D eigenvalue weighted by molar-refractivity contribution is -0.0276. The Morgan fingerprint density at radius 1 is 1.05 bits per heavy atom. The van der Waals surface area contributed by atoms with Gasteiger partial charge in [0.2, 0.25) is 0 Å². The summed E-state index contributed by atoms with van der Waals surface area (Å²) < 4.78 is 5.79. The molecule has 2 heterocycles. The Hall–Kier alpha value is -0.0800. The second-order valence-corrected chi connectivity index (χ2v) is 6.91. The van der Waals surface area contributed by atoms with Crippen LogP contribution in [0.2, 0.25) is 0 Å². The summed E-state index contributed by atoms with van der Waals surface area (Å²) in [5, 5.41) is 0. The van der Waals surface area contributed by atoms with E-state index in [2.05, 4.69) is 25.7 Å². The van der Waals surface area contributed by atoms with Crippen LogP contribution in [0.1, 0.15) is 78.6 Å². The van der Waals surface area contributed by atoms with Crippen LogP contribution in [0.5, 0.6) is 0 Å². The smallest absolute Gasteiger partial charge is 0.0718 e. The highest BCUT2D eigenvalue weighted by Crippen LogP contribution is 2.38. The van der Waals surface area contributed by atoms with Gasteiger partial charge in [0.15, 0.2) is 0 Å². The summed E-state index contributed by atoms with van der Waals surface area (Å²) in [5.41, 5.74) is 0.438. The van der Waals surface area contributed by atoms with Gasteiger partial charge in [0.05, 0.1) is 12.7 Å². The Bertz CT molecular complexity index is 256. The first-order valence-electron chi connectivity index (χ1n) is 8.58. The molecule has 0 aromatic rings. The maximum atomic E-state index is 5.79. The van der Waals surface area contributed by atoms with Crippen LogP contribution in [0.4, 0.5) is 0 Å². The summed E-state index contributed by atoms with van der Waals surface area (Å²) in [4.78, 5) is 2.81. The van der Waals surface area contributed by atoms with Crippen molar-refractivity contribution in [2.75, 3.05) is 13.2 Å². The number of fused-ring (bicyclic) bond motifs is 2. The number of nitrogens with zero attached hydrogens (tertiary/aromatic N) is 1. The molecule has 2 bridgehead atoms. The molecule has 0 radical (unpaired) electrons. The summed E-state index contributed by atoms with van der Waals surface area (Å²) in [6.07, 6.45) is 12.8. The van der Waals surface area contributed by atoms with E-state index in [0.717, 1.165) is 12.6 Å². The molecule has 2 saturated heterocycles. The fraction of sp³-hybridized carbons (Fsp3) is 1.00. The SMILES string of the molecule is CCCCCC(C)(CCCCC)N1CC2CC1CO2. The summed E-state index contributed by atoms with van der Waals surface area (Å²) in [6, 6.07) is 0.721. The van der Waals surface area contributed by atoms with Crippen LogP contribution in [0, 0.1) is 0 Å². The van der Waals surface area contributed by atoms with E-state index in [1.807, 2.05) is 0 Å². The molecule has 2 heteroatoms. The minimum absolute atomic E-state index is 0.438. The Morgan fingerprint density at radius 3 is 2.11 bits per heavy atom. The molecule has 112 valence electrons. The van der Waals surface area contributed by atoms with Crippen molar-refractivity contribution in [2.45, 2.75) is 96.2 Å². The highest BCUT2D eigenvalue weighted by Gasteiger charge is 2.46. The van der Waals surface area contributed by atoms with Crippen molar-refractivity contribution in [2.24, 2.45) is 0 Å². The van der Waals surface area contributed by atoms with Gasteiger partial charge >= 0.3 is 0 Å². The molecule has 2 aliphatic heterocycles. The van der Waals surface area contributed by atoms with Crippen molar-refractivity contribution in [3.8, 4) is 0 Å². The van der Waals surface area contributed by atoms with Crippen molar-refractivity contribution in [1.82, 2.24) is 4.90 Å². The normalized spacial score (nSPS) is 27.3. The standard InChI is InChI=1S/C17H33NO/c1-4-6-8-10-17(3,11-9-7-5-2)18-13-16-12-15(18)14-19-16/h15-16H,4-14H2,1-3H3. The lowest BCUT2D eigenvalue weighted by Crippen LogP contribution is -2.52. The minimum Gasteiger partial charge on any atom is -0.375 e. The highest BCUT2D eigenvalue weighted by atomic mass is 16.5. The number of unbranched alkanes of at least 4 members (excludes halogenated alkanes) is 4. The van der Waals surface area contributed by atoms with Crippen molar-refractivity contribution in [3.05, 3.63) is 0 Å². The molecule has 0 aromatic carbocycles. The van der Waals surface area contributed by atoms with Crippen LogP contribution in [0.3, 0.4) is 0 Å². The number of rotatable bonds is 9. The van der Waals surface area contributed by atoms with E-state index in [9.17, 15) is 0 Å². The molecule has 19 heavy (non-hydrogen) atoms. The van der Waals surface area contributed by atoms with Gasteiger partial charge in [0, 0.05) is 18.1 Å². The highest BCUT2D eigenvalue weighted by molar-refractivity contribution is 5.00. The molecule has 0 aliphatic carbocycles. The zero-order chi connectivity index (χ0) is 13.7. The van der Waals surface area contributed by atoms with E-state index in [4.69, 9.17) is 4.74 Å². The molecule has 0 N–H and O–H groups in total. The number of hydrogen-bond donors (Lipinski definition) is 0. The lowest BCUT2D eigenvalue weighted by Gasteiger charge is -2.44. The van der Waals surface area contributed by atoms with E-state index in [-0.39, 0.29) is 0 Å². The van der Waals surface area contributed by atoms with Gasteiger partial charge in [-0.3, -0.25) is 4.90 Å². The molecular weight excluding hydrogens is 234 g/mol. The van der Waals surface area contributed by atoms with Crippen LogP contribution in [-0.2, 0) is 4.74 Å². The van der Waals surface area contributed by atoms with E-state index in [1.165, 1.54) is 64.3 Å². The third kappa shape index (κ3) is 3.72. The number of hydrogen-bond acceptors (Lipinski definition) is 2. The third-order valence-electron chi connectivity index (χ3n) is 5.23. The maximum absolute atomic E-state index is 5.79. The van der Waals surface area contributed by atoms with E-state index in [1.54, 1.807) is 0 Å².